The van der Waals surface area contributed by atoms with Crippen LogP contribution in [0.15, 0.2) is 17.5 Å². The van der Waals surface area contributed by atoms with Crippen molar-refractivity contribution in [1.82, 2.24) is 4.90 Å². The minimum absolute atomic E-state index is 0.00685. The van der Waals surface area contributed by atoms with E-state index in [0.717, 1.165) is 11.3 Å². The number of carbonyl (C=O) groups excluding carboxylic acids is 1. The van der Waals surface area contributed by atoms with Gasteiger partial charge in [-0.1, -0.05) is 19.9 Å². The molecule has 4 nitrogen and oxygen atoms in total. The second-order valence-electron chi connectivity index (χ2n) is 4.34. The zero-order valence-corrected chi connectivity index (χ0v) is 11.6. The highest BCUT2D eigenvalue weighted by atomic mass is 32.1. The van der Waals surface area contributed by atoms with Gasteiger partial charge < -0.3 is 10.0 Å². The Morgan fingerprint density at radius 2 is 2.22 bits per heavy atom. The quantitative estimate of drug-likeness (QED) is 0.826. The molecule has 5 heteroatoms. The fourth-order valence-electron chi connectivity index (χ4n) is 1.67. The summed E-state index contributed by atoms with van der Waals surface area (Å²) < 4.78 is 0. The molecule has 1 N–H and O–H groups in total. The molecule has 1 unspecified atom stereocenters. The highest BCUT2D eigenvalue weighted by Crippen LogP contribution is 2.12. The molecule has 1 atom stereocenters. The average Bonchev–Trinajstić information content (AvgIpc) is 2.80. The molecule has 0 fully saturated rings. The molecule has 0 aliphatic heterocycles. The van der Waals surface area contributed by atoms with E-state index in [2.05, 4.69) is 0 Å². The third kappa shape index (κ3) is 4.49. The zero-order valence-electron chi connectivity index (χ0n) is 10.8. The van der Waals surface area contributed by atoms with Crippen LogP contribution in [0.4, 0.5) is 0 Å². The Hall–Kier alpha value is -1.36. The van der Waals surface area contributed by atoms with Crippen molar-refractivity contribution in [3.63, 3.8) is 0 Å². The number of aliphatic carboxylic acids is 1. The number of rotatable bonds is 7. The van der Waals surface area contributed by atoms with Gasteiger partial charge in [0.25, 0.3) is 0 Å². The maximum Gasteiger partial charge on any atom is 0.308 e. The van der Waals surface area contributed by atoms with Crippen LogP contribution in [-0.4, -0.2) is 35.0 Å². The topological polar surface area (TPSA) is 57.6 Å². The van der Waals surface area contributed by atoms with Gasteiger partial charge in [0.2, 0.25) is 5.91 Å². The van der Waals surface area contributed by atoms with E-state index < -0.39 is 11.9 Å². The molecule has 1 aromatic rings. The highest BCUT2D eigenvalue weighted by Gasteiger charge is 2.20. The second kappa shape index (κ2) is 7.16. The summed E-state index contributed by atoms with van der Waals surface area (Å²) in [6.07, 6.45) is 1.20. The fraction of sp³-hybridized carbons (Fsp3) is 0.538. The summed E-state index contributed by atoms with van der Waals surface area (Å²) in [5.74, 6) is -1.38. The molecule has 0 aliphatic carbocycles. The van der Waals surface area contributed by atoms with Crippen molar-refractivity contribution in [3.05, 3.63) is 22.4 Å². The number of hydrogen-bond donors (Lipinski definition) is 1. The SMILES string of the molecule is CCCN(CC(C)C(=O)O)C(=O)Cc1cccs1. The fourth-order valence-corrected chi connectivity index (χ4v) is 2.37. The van der Waals surface area contributed by atoms with Gasteiger partial charge in [-0.2, -0.15) is 0 Å². The number of carbonyl (C=O) groups is 2. The predicted octanol–water partition coefficient (Wildman–Crippen LogP) is 2.25. The molecule has 0 saturated heterocycles. The minimum Gasteiger partial charge on any atom is -0.481 e. The summed E-state index contributed by atoms with van der Waals surface area (Å²) in [5.41, 5.74) is 0. The second-order valence-corrected chi connectivity index (χ2v) is 5.37. The van der Waals surface area contributed by atoms with Gasteiger partial charge in [-0.15, -0.1) is 11.3 Å². The van der Waals surface area contributed by atoms with Crippen LogP contribution in [0.5, 0.6) is 0 Å². The Kier molecular flexibility index (Phi) is 5.85. The van der Waals surface area contributed by atoms with Gasteiger partial charge in [0.15, 0.2) is 0 Å². The average molecular weight is 269 g/mol. The molecule has 1 heterocycles. The third-order valence-corrected chi connectivity index (χ3v) is 3.54. The lowest BCUT2D eigenvalue weighted by Crippen LogP contribution is -2.38. The van der Waals surface area contributed by atoms with Crippen molar-refractivity contribution in [3.8, 4) is 0 Å². The van der Waals surface area contributed by atoms with Gasteiger partial charge in [0.05, 0.1) is 12.3 Å². The van der Waals surface area contributed by atoms with E-state index in [0.29, 0.717) is 13.0 Å². The Morgan fingerprint density at radius 1 is 1.50 bits per heavy atom. The smallest absolute Gasteiger partial charge is 0.308 e. The van der Waals surface area contributed by atoms with Crippen molar-refractivity contribution >= 4 is 23.2 Å². The van der Waals surface area contributed by atoms with E-state index in [-0.39, 0.29) is 12.5 Å². The Morgan fingerprint density at radius 3 is 2.72 bits per heavy atom. The normalized spacial score (nSPS) is 12.1. The summed E-state index contributed by atoms with van der Waals surface area (Å²) in [4.78, 5) is 25.6. The molecular formula is C13H19NO3S. The maximum atomic E-state index is 12.1. The van der Waals surface area contributed by atoms with Crippen LogP contribution in [0.3, 0.4) is 0 Å². The van der Waals surface area contributed by atoms with Crippen LogP contribution in [0.2, 0.25) is 0 Å². The summed E-state index contributed by atoms with van der Waals surface area (Å²) in [6.45, 7) is 4.51. The molecule has 0 bridgehead atoms. The minimum atomic E-state index is -0.861. The standard InChI is InChI=1S/C13H19NO3S/c1-3-6-14(9-10(2)13(16)17)12(15)8-11-5-4-7-18-11/h4-5,7,10H,3,6,8-9H2,1-2H3,(H,16,17). The molecule has 0 aliphatic rings. The zero-order chi connectivity index (χ0) is 13.5. The Balaban J connectivity index is 2.60. The monoisotopic (exact) mass is 269 g/mol. The molecule has 1 rings (SSSR count). The summed E-state index contributed by atoms with van der Waals surface area (Å²) in [5, 5.41) is 10.8. The van der Waals surface area contributed by atoms with E-state index in [1.807, 2.05) is 24.4 Å². The van der Waals surface area contributed by atoms with E-state index in [9.17, 15) is 9.59 Å². The van der Waals surface area contributed by atoms with Crippen LogP contribution in [0.25, 0.3) is 0 Å². The molecule has 0 aromatic carbocycles. The first-order valence-corrected chi connectivity index (χ1v) is 6.95. The number of hydrogen-bond acceptors (Lipinski definition) is 3. The lowest BCUT2D eigenvalue weighted by atomic mass is 10.1. The van der Waals surface area contributed by atoms with Gasteiger partial charge in [0.1, 0.15) is 0 Å². The maximum absolute atomic E-state index is 12.1. The van der Waals surface area contributed by atoms with Crippen LogP contribution in [0.1, 0.15) is 25.1 Å². The molecule has 100 valence electrons. The van der Waals surface area contributed by atoms with Crippen molar-refractivity contribution in [2.75, 3.05) is 13.1 Å². The van der Waals surface area contributed by atoms with Gasteiger partial charge in [-0.25, -0.2) is 0 Å². The first-order valence-electron chi connectivity index (χ1n) is 6.07. The van der Waals surface area contributed by atoms with Crippen LogP contribution >= 0.6 is 11.3 Å². The van der Waals surface area contributed by atoms with Crippen LogP contribution in [-0.2, 0) is 16.0 Å². The van der Waals surface area contributed by atoms with E-state index >= 15 is 0 Å². The lowest BCUT2D eigenvalue weighted by molar-refractivity contribution is -0.143. The van der Waals surface area contributed by atoms with Crippen LogP contribution < -0.4 is 0 Å². The van der Waals surface area contributed by atoms with Crippen LogP contribution in [0, 0.1) is 5.92 Å². The van der Waals surface area contributed by atoms with Crippen molar-refractivity contribution < 1.29 is 14.7 Å². The van der Waals surface area contributed by atoms with Gasteiger partial charge in [-0.05, 0) is 17.9 Å². The number of carboxylic acid groups (broad SMARTS) is 1. The number of carboxylic acids is 1. The molecule has 0 saturated carbocycles. The van der Waals surface area contributed by atoms with E-state index in [1.165, 1.54) is 0 Å². The summed E-state index contributed by atoms with van der Waals surface area (Å²) in [7, 11) is 0. The lowest BCUT2D eigenvalue weighted by Gasteiger charge is -2.23. The van der Waals surface area contributed by atoms with E-state index in [1.54, 1.807) is 23.2 Å². The highest BCUT2D eigenvalue weighted by molar-refractivity contribution is 7.10. The third-order valence-electron chi connectivity index (χ3n) is 2.67. The Labute approximate surface area is 111 Å². The molecule has 1 aromatic heterocycles. The first kappa shape index (κ1) is 14.7. The molecular weight excluding hydrogens is 250 g/mol. The largest absolute Gasteiger partial charge is 0.481 e. The Bertz CT molecular complexity index is 389. The van der Waals surface area contributed by atoms with E-state index in [4.69, 9.17) is 5.11 Å². The van der Waals surface area contributed by atoms with Crippen molar-refractivity contribution in [1.29, 1.82) is 0 Å². The predicted molar refractivity (Wildman–Crippen MR) is 71.7 cm³/mol. The van der Waals surface area contributed by atoms with Crippen molar-refractivity contribution in [2.24, 2.45) is 5.92 Å². The molecule has 0 spiro atoms. The summed E-state index contributed by atoms with van der Waals surface area (Å²) in [6, 6.07) is 3.84. The van der Waals surface area contributed by atoms with Gasteiger partial charge >= 0.3 is 5.97 Å². The molecule has 18 heavy (non-hydrogen) atoms. The van der Waals surface area contributed by atoms with Gasteiger partial charge in [-0.3, -0.25) is 9.59 Å². The first-order chi connectivity index (χ1) is 8.54. The summed E-state index contributed by atoms with van der Waals surface area (Å²) >= 11 is 1.55. The number of amides is 1. The number of thiophene rings is 1. The molecule has 1 amide bonds. The van der Waals surface area contributed by atoms with Crippen molar-refractivity contribution in [2.45, 2.75) is 26.7 Å². The number of nitrogens with zero attached hydrogens (tertiary/aromatic N) is 1. The molecule has 0 radical (unpaired) electrons. The van der Waals surface area contributed by atoms with Gasteiger partial charge in [0, 0.05) is 18.0 Å².